The summed E-state index contributed by atoms with van der Waals surface area (Å²) in [6.45, 7) is 23.9. The van der Waals surface area contributed by atoms with Crippen molar-refractivity contribution >= 4 is 36.5 Å². The summed E-state index contributed by atoms with van der Waals surface area (Å²) < 4.78 is 3.01. The normalized spacial score (nSPS) is 14.3. The molecule has 0 saturated carbocycles. The summed E-state index contributed by atoms with van der Waals surface area (Å²) in [5.41, 5.74) is 1.26. The zero-order valence-electron chi connectivity index (χ0n) is 16.5. The van der Waals surface area contributed by atoms with Crippen molar-refractivity contribution in [1.29, 1.82) is 0 Å². The molecule has 0 saturated heterocycles. The molecule has 0 spiro atoms. The van der Waals surface area contributed by atoms with Crippen molar-refractivity contribution in [2.75, 3.05) is 0 Å². The van der Waals surface area contributed by atoms with E-state index >= 15 is 0 Å². The molecule has 1 radical (unpaired) electrons. The van der Waals surface area contributed by atoms with Gasteiger partial charge in [-0.05, 0) is 24.1 Å². The lowest BCUT2D eigenvalue weighted by atomic mass is 10.2. The molecule has 0 aliphatic carbocycles. The van der Waals surface area contributed by atoms with Crippen LogP contribution in [-0.4, -0.2) is 35.5 Å². The van der Waals surface area contributed by atoms with Crippen LogP contribution in [0.2, 0.25) is 51.9 Å². The smallest absolute Gasteiger partial charge is 0.112 e. The fourth-order valence-corrected chi connectivity index (χ4v) is 17.3. The van der Waals surface area contributed by atoms with E-state index in [9.17, 15) is 0 Å². The molecule has 129 valence electrons. The standard InChI is InChI=1S/C19H36NSi3/c1-10-17-13-12-14-19(15-17)21(3)16-18(11-2)20(22(4,5)6)23(7,8)9/h10,12-15,18H,1,11,16H2,2-9H3. The molecule has 23 heavy (non-hydrogen) atoms. The zero-order chi connectivity index (χ0) is 17.8. The van der Waals surface area contributed by atoms with E-state index in [1.165, 1.54) is 18.0 Å². The van der Waals surface area contributed by atoms with Crippen LogP contribution >= 0.6 is 0 Å². The van der Waals surface area contributed by atoms with Crippen LogP contribution in [0.15, 0.2) is 30.8 Å². The maximum atomic E-state index is 3.92. The summed E-state index contributed by atoms with van der Waals surface area (Å²) >= 11 is 0. The van der Waals surface area contributed by atoms with Crippen molar-refractivity contribution in [3.05, 3.63) is 36.4 Å². The lowest BCUT2D eigenvalue weighted by molar-refractivity contribution is 0.457. The van der Waals surface area contributed by atoms with Crippen LogP contribution in [-0.2, 0) is 0 Å². The molecule has 1 nitrogen and oxygen atoms in total. The van der Waals surface area contributed by atoms with E-state index in [-0.39, 0.29) is 0 Å². The van der Waals surface area contributed by atoms with E-state index in [1.54, 1.807) is 5.19 Å². The van der Waals surface area contributed by atoms with Gasteiger partial charge in [0, 0.05) is 0 Å². The van der Waals surface area contributed by atoms with Gasteiger partial charge in [0.2, 0.25) is 0 Å². The van der Waals surface area contributed by atoms with Gasteiger partial charge in [-0.1, -0.05) is 94.9 Å². The highest BCUT2D eigenvalue weighted by Crippen LogP contribution is 2.27. The summed E-state index contributed by atoms with van der Waals surface area (Å²) in [6.07, 6.45) is 3.24. The summed E-state index contributed by atoms with van der Waals surface area (Å²) in [7, 11) is -3.11. The molecule has 0 heterocycles. The van der Waals surface area contributed by atoms with Gasteiger partial charge in [0.15, 0.2) is 0 Å². The van der Waals surface area contributed by atoms with Crippen molar-refractivity contribution in [3.63, 3.8) is 0 Å². The van der Waals surface area contributed by atoms with Gasteiger partial charge in [0.05, 0.1) is 8.80 Å². The fourth-order valence-electron chi connectivity index (χ4n) is 3.92. The molecule has 1 aromatic carbocycles. The topological polar surface area (TPSA) is 3.24 Å². The van der Waals surface area contributed by atoms with Crippen molar-refractivity contribution in [1.82, 2.24) is 4.23 Å². The quantitative estimate of drug-likeness (QED) is 0.559. The summed E-state index contributed by atoms with van der Waals surface area (Å²) in [4.78, 5) is 0. The fraction of sp³-hybridized carbons (Fsp3) is 0.579. The van der Waals surface area contributed by atoms with Crippen LogP contribution in [0.1, 0.15) is 18.9 Å². The Balaban J connectivity index is 3.03. The van der Waals surface area contributed by atoms with E-state index in [2.05, 4.69) is 87.8 Å². The Kier molecular flexibility index (Phi) is 7.26. The van der Waals surface area contributed by atoms with Crippen LogP contribution in [0.4, 0.5) is 0 Å². The van der Waals surface area contributed by atoms with Gasteiger partial charge in [-0.15, -0.1) is 0 Å². The molecule has 0 N–H and O–H groups in total. The lowest BCUT2D eigenvalue weighted by Gasteiger charge is -2.49. The minimum absolute atomic E-state index is 0.519. The highest BCUT2D eigenvalue weighted by molar-refractivity contribution is 6.89. The van der Waals surface area contributed by atoms with Crippen molar-refractivity contribution in [2.45, 2.75) is 71.3 Å². The van der Waals surface area contributed by atoms with Gasteiger partial charge in [-0.2, -0.15) is 0 Å². The second-order valence-corrected chi connectivity index (χ2v) is 21.2. The Morgan fingerprint density at radius 1 is 1.13 bits per heavy atom. The minimum atomic E-state index is -1.30. The third-order valence-corrected chi connectivity index (χ3v) is 14.5. The monoisotopic (exact) mass is 362 g/mol. The average molecular weight is 363 g/mol. The summed E-state index contributed by atoms with van der Waals surface area (Å²) in [5.74, 6) is 0. The summed E-state index contributed by atoms with van der Waals surface area (Å²) in [5, 5.41) is 1.55. The van der Waals surface area contributed by atoms with Crippen LogP contribution in [0.3, 0.4) is 0 Å². The molecule has 4 heteroatoms. The Morgan fingerprint density at radius 2 is 1.70 bits per heavy atom. The molecule has 1 rings (SSSR count). The summed E-state index contributed by atoms with van der Waals surface area (Å²) in [6, 6.07) is 11.1. The van der Waals surface area contributed by atoms with Crippen LogP contribution in [0, 0.1) is 0 Å². The van der Waals surface area contributed by atoms with Crippen molar-refractivity contribution in [2.24, 2.45) is 0 Å². The molecule has 0 bridgehead atoms. The minimum Gasteiger partial charge on any atom is -0.343 e. The third-order valence-electron chi connectivity index (χ3n) is 4.44. The zero-order valence-corrected chi connectivity index (χ0v) is 19.5. The van der Waals surface area contributed by atoms with Gasteiger partial charge in [0.25, 0.3) is 0 Å². The highest BCUT2D eigenvalue weighted by atomic mass is 28.4. The first-order chi connectivity index (χ1) is 10.5. The molecule has 0 amide bonds. The molecule has 0 aliphatic heterocycles. The second kappa shape index (κ2) is 8.10. The van der Waals surface area contributed by atoms with E-state index in [0.29, 0.717) is 0 Å². The molecule has 1 unspecified atom stereocenters. The average Bonchev–Trinajstić information content (AvgIpc) is 2.43. The predicted octanol–water partition coefficient (Wildman–Crippen LogP) is 5.41. The van der Waals surface area contributed by atoms with Gasteiger partial charge in [-0.3, -0.25) is 0 Å². The molecule has 0 aromatic heterocycles. The maximum Gasteiger partial charge on any atom is 0.112 e. The molecule has 0 fully saturated rings. The van der Waals surface area contributed by atoms with Crippen LogP contribution in [0.25, 0.3) is 6.08 Å². The number of hydrogen-bond donors (Lipinski definition) is 0. The first-order valence-electron chi connectivity index (χ1n) is 8.85. The van der Waals surface area contributed by atoms with E-state index in [0.717, 1.165) is 6.04 Å². The number of hydrogen-bond acceptors (Lipinski definition) is 1. The Morgan fingerprint density at radius 3 is 2.13 bits per heavy atom. The molecule has 1 aromatic rings. The molecule has 0 aliphatic rings. The van der Waals surface area contributed by atoms with Gasteiger partial charge in [0.1, 0.15) is 16.5 Å². The Bertz CT molecular complexity index is 500. The number of nitrogens with zero attached hydrogens (tertiary/aromatic N) is 1. The maximum absolute atomic E-state index is 3.92. The second-order valence-electron chi connectivity index (χ2n) is 8.59. The Labute approximate surface area is 148 Å². The third kappa shape index (κ3) is 5.85. The molecular formula is C19H36NSi3. The largest absolute Gasteiger partial charge is 0.343 e. The van der Waals surface area contributed by atoms with Crippen LogP contribution < -0.4 is 5.19 Å². The van der Waals surface area contributed by atoms with Crippen LogP contribution in [0.5, 0.6) is 0 Å². The number of benzene rings is 1. The Hall–Kier alpha value is -0.429. The van der Waals surface area contributed by atoms with Crippen molar-refractivity contribution in [3.8, 4) is 0 Å². The highest BCUT2D eigenvalue weighted by Gasteiger charge is 2.39. The van der Waals surface area contributed by atoms with Gasteiger partial charge >= 0.3 is 0 Å². The molecular weight excluding hydrogens is 326 g/mol. The van der Waals surface area contributed by atoms with E-state index in [1.807, 2.05) is 6.08 Å². The first-order valence-corrected chi connectivity index (χ1v) is 18.0. The van der Waals surface area contributed by atoms with Crippen molar-refractivity contribution < 1.29 is 0 Å². The lowest BCUT2D eigenvalue weighted by Crippen LogP contribution is -2.63. The number of rotatable bonds is 8. The first kappa shape index (κ1) is 20.6. The van der Waals surface area contributed by atoms with E-state index < -0.39 is 25.3 Å². The SMILES string of the molecule is C=Cc1cccc([Si](C)CC(CC)N([Si](C)(C)C)[Si](C)(C)C)c1. The molecule has 1 atom stereocenters. The van der Waals surface area contributed by atoms with Gasteiger partial charge < -0.3 is 4.23 Å². The van der Waals surface area contributed by atoms with Gasteiger partial charge in [-0.25, -0.2) is 0 Å². The van der Waals surface area contributed by atoms with E-state index in [4.69, 9.17) is 0 Å². The predicted molar refractivity (Wildman–Crippen MR) is 115 cm³/mol.